The van der Waals surface area contributed by atoms with Crippen LogP contribution in [0.5, 0.6) is 0 Å². The first-order valence-electron chi connectivity index (χ1n) is 7.99. The Balaban J connectivity index is 1.83. The second kappa shape index (κ2) is 7.09. The summed E-state index contributed by atoms with van der Waals surface area (Å²) in [5, 5.41) is 2.84. The van der Waals surface area contributed by atoms with Gasteiger partial charge in [0, 0.05) is 23.5 Å². The summed E-state index contributed by atoms with van der Waals surface area (Å²) in [6, 6.07) is 13.6. The minimum Gasteiger partial charge on any atom is -0.335 e. The molecule has 2 amide bonds. The molecule has 1 aliphatic rings. The van der Waals surface area contributed by atoms with Gasteiger partial charge in [-0.2, -0.15) is 0 Å². The summed E-state index contributed by atoms with van der Waals surface area (Å²) in [6.45, 7) is 5.25. The number of carbonyl (C=O) groups is 2. The van der Waals surface area contributed by atoms with Crippen molar-refractivity contribution in [2.45, 2.75) is 25.3 Å². The molecule has 0 bridgehead atoms. The number of benzene rings is 2. The van der Waals surface area contributed by atoms with Gasteiger partial charge in [-0.15, -0.1) is 11.8 Å². The number of carbonyl (C=O) groups excluding carboxylic acids is 2. The Hall–Kier alpha value is -2.27. The van der Waals surface area contributed by atoms with Crippen LogP contribution in [0.3, 0.4) is 0 Å². The van der Waals surface area contributed by atoms with Gasteiger partial charge in [-0.1, -0.05) is 24.3 Å². The molecule has 1 aliphatic heterocycles. The molecular weight excluding hydrogens is 320 g/mol. The molecule has 4 nitrogen and oxygen atoms in total. The molecule has 24 heavy (non-hydrogen) atoms. The molecular formula is C19H20N2O2S. The van der Waals surface area contributed by atoms with Crippen molar-refractivity contribution in [3.63, 3.8) is 0 Å². The summed E-state index contributed by atoms with van der Waals surface area (Å²) in [5.74, 6) is 0.381. The van der Waals surface area contributed by atoms with E-state index >= 15 is 0 Å². The van der Waals surface area contributed by atoms with E-state index in [-0.39, 0.29) is 11.8 Å². The molecule has 3 rings (SSSR count). The summed E-state index contributed by atoms with van der Waals surface area (Å²) in [7, 11) is 0. The Morgan fingerprint density at radius 1 is 1.25 bits per heavy atom. The van der Waals surface area contributed by atoms with Crippen LogP contribution in [0, 0.1) is 6.92 Å². The summed E-state index contributed by atoms with van der Waals surface area (Å²) in [4.78, 5) is 27.2. The highest BCUT2D eigenvalue weighted by atomic mass is 32.2. The van der Waals surface area contributed by atoms with Crippen molar-refractivity contribution >= 4 is 29.3 Å². The smallest absolute Gasteiger partial charge is 0.254 e. The van der Waals surface area contributed by atoms with E-state index in [0.717, 1.165) is 16.1 Å². The molecule has 1 N–H and O–H groups in total. The molecule has 0 radical (unpaired) electrons. The first-order valence-corrected chi connectivity index (χ1v) is 8.97. The predicted octanol–water partition coefficient (Wildman–Crippen LogP) is 3.70. The van der Waals surface area contributed by atoms with Gasteiger partial charge in [0.1, 0.15) is 0 Å². The zero-order valence-electron chi connectivity index (χ0n) is 13.8. The molecule has 0 saturated carbocycles. The number of hydrogen-bond acceptors (Lipinski definition) is 3. The Morgan fingerprint density at radius 3 is 2.79 bits per heavy atom. The Kier molecular flexibility index (Phi) is 4.90. The maximum Gasteiger partial charge on any atom is 0.254 e. The number of amides is 2. The van der Waals surface area contributed by atoms with Gasteiger partial charge in [0.25, 0.3) is 5.91 Å². The Labute approximate surface area is 146 Å². The lowest BCUT2D eigenvalue weighted by Crippen LogP contribution is -2.31. The zero-order chi connectivity index (χ0) is 17.1. The largest absolute Gasteiger partial charge is 0.335 e. The molecule has 0 aliphatic carbocycles. The van der Waals surface area contributed by atoms with Crippen LogP contribution < -0.4 is 5.32 Å². The molecule has 2 aromatic rings. The summed E-state index contributed by atoms with van der Waals surface area (Å²) in [5.41, 5.74) is 3.66. The molecule has 5 heteroatoms. The van der Waals surface area contributed by atoms with Gasteiger partial charge < -0.3 is 10.2 Å². The minimum absolute atomic E-state index is 0.0200. The van der Waals surface area contributed by atoms with Crippen molar-refractivity contribution in [2.24, 2.45) is 0 Å². The molecule has 2 aromatic carbocycles. The Morgan fingerprint density at radius 2 is 2.04 bits per heavy atom. The maximum atomic E-state index is 12.9. The molecule has 0 spiro atoms. The van der Waals surface area contributed by atoms with Crippen LogP contribution in [0.4, 0.5) is 5.69 Å². The highest BCUT2D eigenvalue weighted by Crippen LogP contribution is 2.32. The van der Waals surface area contributed by atoms with Crippen molar-refractivity contribution in [1.82, 2.24) is 4.90 Å². The van der Waals surface area contributed by atoms with E-state index in [9.17, 15) is 9.59 Å². The minimum atomic E-state index is -0.0237. The maximum absolute atomic E-state index is 12.9. The van der Waals surface area contributed by atoms with E-state index in [4.69, 9.17) is 0 Å². The molecule has 124 valence electrons. The lowest BCUT2D eigenvalue weighted by Gasteiger charge is -2.23. The zero-order valence-corrected chi connectivity index (χ0v) is 14.7. The van der Waals surface area contributed by atoms with Crippen molar-refractivity contribution in [3.05, 3.63) is 59.2 Å². The number of nitrogens with one attached hydrogen (secondary N) is 1. The summed E-state index contributed by atoms with van der Waals surface area (Å²) in [6.07, 6.45) is 0. The fraction of sp³-hybridized carbons (Fsp3) is 0.263. The number of fused-ring (bicyclic) bond motifs is 1. The molecule has 0 unspecified atom stereocenters. The average Bonchev–Trinajstić information content (AvgIpc) is 2.60. The standard InChI is InChI=1S/C19H20N2O2S/c1-3-21(11-15-7-5-4-6-13(15)2)19(23)14-8-9-17-16(10-14)20-18(22)12-24-17/h4-10H,3,11-12H2,1-2H3,(H,20,22). The van der Waals surface area contributed by atoms with Gasteiger partial charge in [0.05, 0.1) is 11.4 Å². The average molecular weight is 340 g/mol. The number of aryl methyl sites for hydroxylation is 1. The van der Waals surface area contributed by atoms with Gasteiger partial charge >= 0.3 is 0 Å². The highest BCUT2D eigenvalue weighted by molar-refractivity contribution is 8.00. The van der Waals surface area contributed by atoms with Gasteiger partial charge in [-0.3, -0.25) is 9.59 Å². The van der Waals surface area contributed by atoms with E-state index in [1.807, 2.05) is 36.1 Å². The molecule has 0 atom stereocenters. The quantitative estimate of drug-likeness (QED) is 0.923. The normalized spacial score (nSPS) is 13.2. The fourth-order valence-electron chi connectivity index (χ4n) is 2.72. The van der Waals surface area contributed by atoms with E-state index in [2.05, 4.69) is 24.4 Å². The second-order valence-electron chi connectivity index (χ2n) is 5.79. The van der Waals surface area contributed by atoms with E-state index in [1.165, 1.54) is 17.3 Å². The van der Waals surface area contributed by atoms with Crippen LogP contribution in [0.25, 0.3) is 0 Å². The first kappa shape index (κ1) is 16.6. The lowest BCUT2D eigenvalue weighted by atomic mass is 10.1. The third-order valence-electron chi connectivity index (χ3n) is 4.15. The van der Waals surface area contributed by atoms with Crippen LogP contribution in [-0.4, -0.2) is 29.0 Å². The number of rotatable bonds is 4. The van der Waals surface area contributed by atoms with Crippen LogP contribution in [0.15, 0.2) is 47.4 Å². The molecule has 0 saturated heterocycles. The van der Waals surface area contributed by atoms with E-state index in [0.29, 0.717) is 24.4 Å². The van der Waals surface area contributed by atoms with Crippen LogP contribution in [0.2, 0.25) is 0 Å². The van der Waals surface area contributed by atoms with Gasteiger partial charge in [0.2, 0.25) is 5.91 Å². The number of hydrogen-bond donors (Lipinski definition) is 1. The second-order valence-corrected chi connectivity index (χ2v) is 6.81. The summed E-state index contributed by atoms with van der Waals surface area (Å²) >= 11 is 1.50. The number of anilines is 1. The van der Waals surface area contributed by atoms with E-state index < -0.39 is 0 Å². The number of nitrogens with zero attached hydrogens (tertiary/aromatic N) is 1. The van der Waals surface area contributed by atoms with Crippen LogP contribution in [-0.2, 0) is 11.3 Å². The topological polar surface area (TPSA) is 49.4 Å². The third-order valence-corrected chi connectivity index (χ3v) is 5.22. The van der Waals surface area contributed by atoms with Gasteiger partial charge in [-0.25, -0.2) is 0 Å². The monoisotopic (exact) mass is 340 g/mol. The highest BCUT2D eigenvalue weighted by Gasteiger charge is 2.20. The van der Waals surface area contributed by atoms with E-state index in [1.54, 1.807) is 6.07 Å². The summed E-state index contributed by atoms with van der Waals surface area (Å²) < 4.78 is 0. The first-order chi connectivity index (χ1) is 11.6. The lowest BCUT2D eigenvalue weighted by molar-refractivity contribution is -0.113. The molecule has 0 fully saturated rings. The fourth-order valence-corrected chi connectivity index (χ4v) is 3.51. The SMILES string of the molecule is CCN(Cc1ccccc1C)C(=O)c1ccc2c(c1)NC(=O)CS2. The predicted molar refractivity (Wildman–Crippen MR) is 97.4 cm³/mol. The number of thioether (sulfide) groups is 1. The molecule has 1 heterocycles. The third kappa shape index (κ3) is 3.46. The van der Waals surface area contributed by atoms with Crippen molar-refractivity contribution in [1.29, 1.82) is 0 Å². The van der Waals surface area contributed by atoms with Crippen LogP contribution >= 0.6 is 11.8 Å². The van der Waals surface area contributed by atoms with Crippen LogP contribution in [0.1, 0.15) is 28.4 Å². The van der Waals surface area contributed by atoms with Crippen molar-refractivity contribution in [2.75, 3.05) is 17.6 Å². The van der Waals surface area contributed by atoms with Crippen molar-refractivity contribution < 1.29 is 9.59 Å². The molecule has 0 aromatic heterocycles. The van der Waals surface area contributed by atoms with Crippen molar-refractivity contribution in [3.8, 4) is 0 Å². The van der Waals surface area contributed by atoms with Gasteiger partial charge in [0.15, 0.2) is 0 Å². The Bertz CT molecular complexity index is 789. The van der Waals surface area contributed by atoms with Gasteiger partial charge in [-0.05, 0) is 43.2 Å².